The Morgan fingerprint density at radius 2 is 1.54 bits per heavy atom. The Hall–Kier alpha value is -3.24. The average Bonchev–Trinajstić information content (AvgIpc) is 3.28. The molecule has 0 spiro atoms. The summed E-state index contributed by atoms with van der Waals surface area (Å²) in [6, 6.07) is 14.3. The van der Waals surface area contributed by atoms with E-state index in [9.17, 15) is 9.59 Å². The zero-order chi connectivity index (χ0) is 19.7. The molecule has 3 aromatic rings. The fourth-order valence-corrected chi connectivity index (χ4v) is 3.46. The van der Waals surface area contributed by atoms with Crippen LogP contribution < -0.4 is 15.8 Å². The summed E-state index contributed by atoms with van der Waals surface area (Å²) >= 11 is 10.4. The van der Waals surface area contributed by atoms with Crippen LogP contribution in [-0.4, -0.2) is 33.1 Å². The molecule has 0 atom stereocenters. The molecule has 0 saturated carbocycles. The summed E-state index contributed by atoms with van der Waals surface area (Å²) in [7, 11) is 0. The molecule has 1 saturated heterocycles. The summed E-state index contributed by atoms with van der Waals surface area (Å²) in [5.41, 5.74) is 5.58. The molecule has 142 valence electrons. The van der Waals surface area contributed by atoms with E-state index in [4.69, 9.17) is 24.4 Å². The van der Waals surface area contributed by atoms with Crippen LogP contribution in [0.15, 0.2) is 48.5 Å². The van der Waals surface area contributed by atoms with Crippen molar-refractivity contribution in [3.8, 4) is 5.69 Å². The molecule has 0 aliphatic carbocycles. The summed E-state index contributed by atoms with van der Waals surface area (Å²) in [6.45, 7) is 0.631. The van der Waals surface area contributed by atoms with Gasteiger partial charge in [-0.25, -0.2) is 0 Å². The summed E-state index contributed by atoms with van der Waals surface area (Å²) in [6.07, 6.45) is 0.480. The van der Waals surface area contributed by atoms with Crippen molar-refractivity contribution in [3.05, 3.63) is 63.6 Å². The molecule has 2 amide bonds. The van der Waals surface area contributed by atoms with Gasteiger partial charge in [0.05, 0.1) is 11.4 Å². The fraction of sp³-hybridized carbons (Fsp3) is 0.111. The molecule has 1 aromatic heterocycles. The Morgan fingerprint density at radius 1 is 0.929 bits per heavy atom. The van der Waals surface area contributed by atoms with Crippen molar-refractivity contribution in [2.24, 2.45) is 0 Å². The number of hydrogen-bond donors (Lipinski definition) is 4. The number of aromatic amines is 2. The van der Waals surface area contributed by atoms with Gasteiger partial charge in [-0.15, -0.1) is 0 Å². The highest BCUT2D eigenvalue weighted by Gasteiger charge is 2.18. The maximum atomic E-state index is 12.5. The predicted molar refractivity (Wildman–Crippen MR) is 111 cm³/mol. The Labute approximate surface area is 170 Å². The molecule has 2 aromatic carbocycles. The van der Waals surface area contributed by atoms with E-state index < -0.39 is 0 Å². The van der Waals surface area contributed by atoms with Crippen molar-refractivity contribution >= 4 is 47.6 Å². The molecule has 1 aliphatic rings. The maximum Gasteiger partial charge on any atom is 0.255 e. The topological polar surface area (TPSA) is 97.9 Å². The van der Waals surface area contributed by atoms with Crippen LogP contribution >= 0.6 is 24.4 Å². The summed E-state index contributed by atoms with van der Waals surface area (Å²) in [4.78, 5) is 23.8. The van der Waals surface area contributed by atoms with Gasteiger partial charge in [-0.05, 0) is 73.0 Å². The van der Waals surface area contributed by atoms with Gasteiger partial charge < -0.3 is 5.32 Å². The van der Waals surface area contributed by atoms with Crippen molar-refractivity contribution in [1.82, 2.24) is 20.2 Å². The van der Waals surface area contributed by atoms with Crippen LogP contribution in [0.2, 0.25) is 0 Å². The molecular weight excluding hydrogens is 396 g/mol. The van der Waals surface area contributed by atoms with E-state index in [1.807, 2.05) is 12.1 Å². The van der Waals surface area contributed by atoms with Gasteiger partial charge in [0.25, 0.3) is 5.91 Å². The second-order valence-electron chi connectivity index (χ2n) is 6.18. The van der Waals surface area contributed by atoms with E-state index in [0.717, 1.165) is 11.4 Å². The highest BCUT2D eigenvalue weighted by atomic mass is 32.1. The van der Waals surface area contributed by atoms with Crippen LogP contribution in [0, 0.1) is 9.54 Å². The normalized spacial score (nSPS) is 13.4. The molecule has 2 heterocycles. The number of anilines is 2. The first-order valence-corrected chi connectivity index (χ1v) is 9.31. The number of nitrogens with zero attached hydrogens (tertiary/aromatic N) is 2. The molecular formula is C18H16N6O2S2. The van der Waals surface area contributed by atoms with E-state index in [2.05, 4.69) is 20.9 Å². The number of amides is 2. The van der Waals surface area contributed by atoms with Crippen LogP contribution in [0.5, 0.6) is 0 Å². The lowest BCUT2D eigenvalue weighted by atomic mass is 10.2. The number of carbonyl (C=O) groups excluding carboxylic acids is 2. The van der Waals surface area contributed by atoms with Crippen LogP contribution in [0.25, 0.3) is 5.69 Å². The zero-order valence-electron chi connectivity index (χ0n) is 14.6. The third-order valence-electron chi connectivity index (χ3n) is 4.33. The van der Waals surface area contributed by atoms with Gasteiger partial charge in [-0.2, -0.15) is 0 Å². The molecule has 4 N–H and O–H groups in total. The van der Waals surface area contributed by atoms with Crippen molar-refractivity contribution in [2.45, 2.75) is 6.42 Å². The van der Waals surface area contributed by atoms with Crippen LogP contribution in [0.4, 0.5) is 11.4 Å². The van der Waals surface area contributed by atoms with Crippen molar-refractivity contribution < 1.29 is 9.59 Å². The number of hydrazine groups is 1. The maximum absolute atomic E-state index is 12.5. The summed E-state index contributed by atoms with van der Waals surface area (Å²) in [5, 5.41) is 10.2. The monoisotopic (exact) mass is 412 g/mol. The highest BCUT2D eigenvalue weighted by Crippen LogP contribution is 2.20. The fourth-order valence-electron chi connectivity index (χ4n) is 2.90. The van der Waals surface area contributed by atoms with Gasteiger partial charge in [0.15, 0.2) is 9.54 Å². The molecule has 1 aliphatic heterocycles. The van der Waals surface area contributed by atoms with Gasteiger partial charge in [0, 0.05) is 24.2 Å². The summed E-state index contributed by atoms with van der Waals surface area (Å²) < 4.78 is 2.58. The minimum Gasteiger partial charge on any atom is -0.322 e. The minimum absolute atomic E-state index is 0.00263. The average molecular weight is 412 g/mol. The van der Waals surface area contributed by atoms with Crippen LogP contribution in [0.3, 0.4) is 0 Å². The Balaban J connectivity index is 1.46. The second-order valence-corrected chi connectivity index (χ2v) is 6.95. The largest absolute Gasteiger partial charge is 0.322 e. The van der Waals surface area contributed by atoms with Gasteiger partial charge in [0.1, 0.15) is 0 Å². The molecule has 0 unspecified atom stereocenters. The number of H-pyrrole nitrogens is 2. The summed E-state index contributed by atoms with van der Waals surface area (Å²) in [5.74, 6) is -0.223. The van der Waals surface area contributed by atoms with E-state index in [1.54, 1.807) is 46.0 Å². The lowest BCUT2D eigenvalue weighted by Gasteiger charge is -2.17. The lowest BCUT2D eigenvalue weighted by Crippen LogP contribution is -2.32. The standard InChI is InChI=1S/C18H16N6O2S2/c25-15-9-10-23(22-15)13-7-3-12(4-8-13)19-16(26)11-1-5-14(6-2-11)24-17(27)20-21-18(24)28/h1-8H,9-10H2,(H,19,26)(H,20,27)(H,21,28)(H,22,25). The Kier molecular flexibility index (Phi) is 4.80. The molecule has 8 nitrogen and oxygen atoms in total. The van der Waals surface area contributed by atoms with Gasteiger partial charge in [-0.3, -0.25) is 34.8 Å². The van der Waals surface area contributed by atoms with Gasteiger partial charge in [0.2, 0.25) is 5.91 Å². The first-order chi connectivity index (χ1) is 13.5. The number of rotatable bonds is 4. The molecule has 1 fully saturated rings. The number of hydrogen-bond acceptors (Lipinski definition) is 5. The lowest BCUT2D eigenvalue weighted by molar-refractivity contribution is -0.119. The van der Waals surface area contributed by atoms with E-state index >= 15 is 0 Å². The van der Waals surface area contributed by atoms with Crippen molar-refractivity contribution in [2.75, 3.05) is 16.9 Å². The molecule has 0 bridgehead atoms. The first kappa shape index (κ1) is 18.1. The number of aromatic nitrogens is 3. The van der Waals surface area contributed by atoms with Crippen molar-refractivity contribution in [1.29, 1.82) is 0 Å². The highest BCUT2D eigenvalue weighted by molar-refractivity contribution is 7.72. The van der Waals surface area contributed by atoms with Crippen LogP contribution in [-0.2, 0) is 4.79 Å². The van der Waals surface area contributed by atoms with Crippen molar-refractivity contribution in [3.63, 3.8) is 0 Å². The van der Waals surface area contributed by atoms with E-state index in [1.165, 1.54) is 0 Å². The second kappa shape index (κ2) is 7.41. The van der Waals surface area contributed by atoms with Gasteiger partial charge >= 0.3 is 0 Å². The molecule has 0 radical (unpaired) electrons. The Morgan fingerprint density at radius 3 is 2.11 bits per heavy atom. The van der Waals surface area contributed by atoms with E-state index in [-0.39, 0.29) is 11.8 Å². The first-order valence-electron chi connectivity index (χ1n) is 8.50. The third-order valence-corrected chi connectivity index (χ3v) is 4.90. The minimum atomic E-state index is -0.225. The third kappa shape index (κ3) is 3.59. The van der Waals surface area contributed by atoms with Crippen LogP contribution in [0.1, 0.15) is 16.8 Å². The number of carbonyl (C=O) groups is 2. The SMILES string of the molecule is O=C1CCN(c2ccc(NC(=O)c3ccc(-n4c(=S)[nH][nH]c4=S)cc3)cc2)N1. The predicted octanol–water partition coefficient (Wildman–Crippen LogP) is 3.09. The smallest absolute Gasteiger partial charge is 0.255 e. The quantitative estimate of drug-likeness (QED) is 0.494. The molecule has 28 heavy (non-hydrogen) atoms. The number of nitrogens with one attached hydrogen (secondary N) is 4. The number of benzene rings is 2. The molecule has 10 heteroatoms. The van der Waals surface area contributed by atoms with E-state index in [0.29, 0.717) is 33.8 Å². The van der Waals surface area contributed by atoms with Gasteiger partial charge in [-0.1, -0.05) is 0 Å². The Bertz CT molecular complexity index is 1120. The molecule has 4 rings (SSSR count). The zero-order valence-corrected chi connectivity index (χ0v) is 16.2.